The number of fused-ring (bicyclic) bond motifs is 15. The molecule has 0 aliphatic heterocycles. The number of alkyl halides is 3. The van der Waals surface area contributed by atoms with Gasteiger partial charge in [-0.2, -0.15) is 0 Å². The summed E-state index contributed by atoms with van der Waals surface area (Å²) in [5.74, 6) is -9.23. The van der Waals surface area contributed by atoms with Gasteiger partial charge < -0.3 is 44.5 Å². The van der Waals surface area contributed by atoms with Gasteiger partial charge in [-0.15, -0.1) is 0 Å². The molecule has 9 unspecified atom stereocenters. The fraction of sp³-hybridized carbons (Fsp3) is 0.658. The molecule has 12 aliphatic carbocycles. The molecule has 0 radical (unpaired) electrons. The van der Waals surface area contributed by atoms with Crippen LogP contribution in [0.15, 0.2) is 96.7 Å². The summed E-state index contributed by atoms with van der Waals surface area (Å²) in [5.41, 5.74) is -9.34. The van der Waals surface area contributed by atoms with Crippen LogP contribution in [0.3, 0.4) is 0 Å². The fourth-order valence-corrected chi connectivity index (χ4v) is 142. The Morgan fingerprint density at radius 1 is 0.362 bits per heavy atom. The second kappa shape index (κ2) is 68.9. The zero-order chi connectivity index (χ0) is 110. The highest BCUT2D eigenvalue weighted by Gasteiger charge is 2.77. The van der Waals surface area contributed by atoms with Crippen molar-refractivity contribution in [3.8, 4) is 0 Å². The number of aliphatic hydroxyl groups excluding tert-OH is 4. The SMILES string of the molecule is C=CC(=O)O[C@]1(C(=O)CO)[C@H](C)CC2C3C[C@H](F)C4=CC(=O)C=C[C@]4(C)C3[C@@H](O)C[C@@]21C.C=CC(=O)O[C@]1(C(=O)COC(C)=O)[C@H](C)CC2C3C[C@H](F)C4=CC(=O)C=C[C@]4(C)C3[C@@H](O)C[C@@]21C.CC(=O)OCC(=O)[C@@]1(O)[C@H](C)CC2C3C[C@H](F)C4=CC(=O)C=C[C@]4(C)C3[C@@H](O)C[C@@]21C.S=S=S=S=S=S=S=S=S=S=S=S=S=S=S=S=S=S=S=S=S=S=S=S=S.S=S=S=S=S=S=S=S=S=S=S=S=S=S=S=S=S=S=S=S=S=S=S=S=S=S. The first kappa shape index (κ1) is 139. The quantitative estimate of drug-likeness (QED) is 0.0708. The molecule has 840 valence electrons. The number of allylic oxidation sites excluding steroid dienone is 12. The molecule has 5 N–H and O–H groups in total. The molecule has 9 saturated carbocycles. The van der Waals surface area contributed by atoms with Crippen LogP contribution in [-0.2, 0) is 529 Å². The van der Waals surface area contributed by atoms with E-state index in [-0.39, 0.29) is 109 Å². The summed E-state index contributed by atoms with van der Waals surface area (Å²) in [6, 6.07) is 0. The van der Waals surface area contributed by atoms with E-state index >= 15 is 13.2 Å². The van der Waals surface area contributed by atoms with Crippen molar-refractivity contribution >= 4 is 521 Å². The van der Waals surface area contributed by atoms with Gasteiger partial charge in [0.1, 0.15) is 30.7 Å². The normalized spacial score (nSPS) is 33.0. The van der Waals surface area contributed by atoms with Crippen molar-refractivity contribution in [3.05, 3.63) is 96.7 Å². The standard InChI is InChI=1S/C27H33FO7.C25H31FO6.C24H31FO6.S26.S25/c1-6-23(33)35-27(22(32)13-34-15(3)29)14(2)9-18-17-11-20(28)19-10-16(30)7-8-25(19,4)24(17)21(31)12-26(18,27)5;1-5-21(31)32-25(20(30)12-27)13(2)8-16-15-10-18(26)17-9-14(28)6-7-23(17,3)22(15)19(29)11-24(16,25)4;1-12-7-16-15-9-18(25)17-8-14(27)5-6-22(17,3)21(15)19(28)10-23(16,4)24(12,30)20(29)11-31-13(2)26;1-3-5-7-9-11-13-15-17-19-21-23-25-26-24-22-20-18-16-14-12-10-8-6-4-2;1-3-5-7-9-11-13-15-17-19-21-23-25-24-22-20-18-16-14-12-10-8-6-4-2/h6-8,10,14,17-18,20-21,24,31H,1,9,11-13H2,2-5H3;5-7,9,13,15-16,18-19,22,27,29H,1,8,10-12H2,2-4H3;5-6,8,12,15-16,18-19,21,28,30H,7,9-11H2,1-4H3;;/t14-,17?,18?,20+,21+,24?,25+,26+,27+;13-,15?,16?,18+,19+,22?,23+,24+,25+;12-,15?,16?,18+,19+,21?,22+,23+,24+;;/m111../s1. The van der Waals surface area contributed by atoms with Crippen LogP contribution in [0.2, 0.25) is 0 Å². The zero-order valence-electron chi connectivity index (χ0n) is 78.5. The van der Waals surface area contributed by atoms with E-state index in [1.807, 2.05) is 168 Å². The molecule has 0 aromatic heterocycles. The number of rotatable bonds is 12. The maximum atomic E-state index is 15.6. The van der Waals surface area contributed by atoms with Gasteiger partial charge in [0, 0.05) is 550 Å². The molecule has 0 bridgehead atoms. The Morgan fingerprint density at radius 3 is 0.819 bits per heavy atom. The van der Waals surface area contributed by atoms with E-state index in [1.54, 1.807) is 295 Å². The molecule has 0 heterocycles. The Hall–Kier alpha value is 4.63. The maximum absolute atomic E-state index is 15.6. The summed E-state index contributed by atoms with van der Waals surface area (Å²) >= 11 is 19.1. The van der Waals surface area contributed by atoms with Gasteiger partial charge in [-0.1, -0.05) is 93.7 Å². The van der Waals surface area contributed by atoms with Gasteiger partial charge in [0.05, 0.1) is 18.3 Å². The van der Waals surface area contributed by atoms with E-state index < -0.39 is 165 Å². The smallest absolute Gasteiger partial charge is 0.331 e. The molecule has 0 amide bonds. The number of ether oxygens (including phenoxy) is 4. The van der Waals surface area contributed by atoms with Crippen LogP contribution in [0, 0.1) is 104 Å². The maximum Gasteiger partial charge on any atom is 0.331 e. The van der Waals surface area contributed by atoms with Crippen LogP contribution in [0.25, 0.3) is 0 Å². The van der Waals surface area contributed by atoms with Gasteiger partial charge in [0.25, 0.3) is 0 Å². The van der Waals surface area contributed by atoms with E-state index in [4.69, 9.17) is 63.7 Å². The minimum atomic E-state index is -1.78. The van der Waals surface area contributed by atoms with Crippen LogP contribution in [0.5, 0.6) is 0 Å². The largest absolute Gasteiger partial charge is 0.458 e. The Balaban J connectivity index is 0.000000228. The number of Topliss-reactive ketones (excluding diaryl/α,β-unsaturated/α-hetero) is 3. The van der Waals surface area contributed by atoms with Crippen molar-refractivity contribution in [2.45, 2.75) is 188 Å². The minimum absolute atomic E-state index is 0.0981. The fourth-order valence-electron chi connectivity index (χ4n) is 23.9. The highest BCUT2D eigenvalue weighted by Crippen LogP contribution is 2.73. The lowest BCUT2D eigenvalue weighted by Gasteiger charge is -2.60. The van der Waals surface area contributed by atoms with Crippen molar-refractivity contribution in [3.63, 3.8) is 0 Å². The molecule has 0 spiro atoms. The summed E-state index contributed by atoms with van der Waals surface area (Å²) in [5, 5.41) is 55.8. The van der Waals surface area contributed by atoms with Crippen LogP contribution in [-0.4, -0.2) is 158 Å². The first-order valence-corrected chi connectivity index (χ1v) is 108. The predicted octanol–water partition coefficient (Wildman–Crippen LogP) is 7.75. The van der Waals surface area contributed by atoms with Crippen molar-refractivity contribution in [1.29, 1.82) is 0 Å². The average molecular weight is 3000 g/mol. The molecule has 12 rings (SSSR count). The van der Waals surface area contributed by atoms with E-state index in [9.17, 15) is 73.5 Å². The van der Waals surface area contributed by atoms with Crippen LogP contribution >= 0.6 is 0 Å². The highest BCUT2D eigenvalue weighted by molar-refractivity contribution is 8.81. The molecule has 0 aromatic rings. The monoisotopic (exact) mass is 3000 g/mol. The second-order valence-corrected chi connectivity index (χ2v) is 118. The molecule has 12 aliphatic rings. The van der Waals surface area contributed by atoms with Crippen LogP contribution < -0.4 is 0 Å². The lowest BCUT2D eigenvalue weighted by molar-refractivity contribution is -0.204. The Bertz CT molecular complexity index is 7810. The van der Waals surface area contributed by atoms with E-state index in [0.717, 1.165) is 12.2 Å². The van der Waals surface area contributed by atoms with Crippen molar-refractivity contribution < 1.29 is 106 Å². The van der Waals surface area contributed by atoms with Gasteiger partial charge in [0.2, 0.25) is 17.3 Å². The molecule has 9 fully saturated rings. The topological polar surface area (TPSA) is 309 Å². The summed E-state index contributed by atoms with van der Waals surface area (Å²) in [4.78, 5) is 123. The van der Waals surface area contributed by atoms with E-state index in [0.29, 0.717) is 36.0 Å². The van der Waals surface area contributed by atoms with Gasteiger partial charge >= 0.3 is 23.9 Å². The Morgan fingerprint density at radius 2 is 0.584 bits per heavy atom. The second-order valence-electron chi connectivity index (χ2n) is 35.0. The highest BCUT2D eigenvalue weighted by atomic mass is 33.5. The van der Waals surface area contributed by atoms with E-state index in [2.05, 4.69) is 13.2 Å². The molecular formula is C76H95F3O19S51. The third kappa shape index (κ3) is 36.1. The number of halogens is 3. The molecular weight excluding hydrogens is 2910 g/mol. The zero-order valence-corrected chi connectivity index (χ0v) is 120. The number of ketones is 6. The third-order valence-corrected chi connectivity index (χ3v) is 128. The Kier molecular flexibility index (Phi) is 64.2. The van der Waals surface area contributed by atoms with Gasteiger partial charge in [-0.3, -0.25) is 38.4 Å². The van der Waals surface area contributed by atoms with Crippen LogP contribution in [0.1, 0.15) is 134 Å². The number of carbonyl (C=O) groups is 10. The van der Waals surface area contributed by atoms with Gasteiger partial charge in [-0.25, -0.2) is 22.8 Å². The predicted molar refractivity (Wildman–Crippen MR) is 722 cm³/mol. The summed E-state index contributed by atoms with van der Waals surface area (Å²) in [6.45, 7) is 23.8. The minimum Gasteiger partial charge on any atom is -0.458 e. The molecule has 149 heavy (non-hydrogen) atoms. The first-order valence-electron chi connectivity index (χ1n) is 42.5. The summed E-state index contributed by atoms with van der Waals surface area (Å²) in [6.07, 6.45) is 10.9. The molecule has 27 atom stereocenters. The van der Waals surface area contributed by atoms with Crippen molar-refractivity contribution in [1.82, 2.24) is 0 Å². The van der Waals surface area contributed by atoms with E-state index in [1.165, 1.54) is 85.8 Å². The average Bonchev–Trinajstić information content (AvgIpc) is 1.55. The number of esters is 4. The molecule has 0 saturated heterocycles. The molecule has 73 heteroatoms. The molecule has 19 nitrogen and oxygen atoms in total. The molecule has 0 aromatic carbocycles. The first-order chi connectivity index (χ1) is 71.0. The van der Waals surface area contributed by atoms with Crippen LogP contribution in [0.4, 0.5) is 13.2 Å². The Labute approximate surface area is 1020 Å². The lowest BCUT2D eigenvalue weighted by Crippen LogP contribution is -2.65. The van der Waals surface area contributed by atoms with Gasteiger partial charge in [0.15, 0.2) is 41.8 Å². The number of hydrogen-bond donors (Lipinski definition) is 5. The lowest BCUT2D eigenvalue weighted by atomic mass is 9.46. The number of aliphatic hydroxyl groups is 5. The third-order valence-electron chi connectivity index (χ3n) is 28.4. The number of carbonyl (C=O) groups excluding carboxylic acids is 10. The van der Waals surface area contributed by atoms with Gasteiger partial charge in [-0.05, 0) is 152 Å². The number of hydrogen-bond acceptors (Lipinski definition) is 23. The van der Waals surface area contributed by atoms with Crippen molar-refractivity contribution in [2.24, 2.45) is 104 Å². The summed E-state index contributed by atoms with van der Waals surface area (Å²) < 4.78 is 67.9. The van der Waals surface area contributed by atoms with Crippen molar-refractivity contribution in [2.75, 3.05) is 19.8 Å². The summed E-state index contributed by atoms with van der Waals surface area (Å²) in [7, 11) is 81.7.